The summed E-state index contributed by atoms with van der Waals surface area (Å²) in [5.41, 5.74) is 4.91. The van der Waals surface area contributed by atoms with E-state index in [2.05, 4.69) is 22.1 Å². The molecule has 0 fully saturated rings. The predicted molar refractivity (Wildman–Crippen MR) is 93.8 cm³/mol. The van der Waals surface area contributed by atoms with Crippen LogP contribution in [-0.2, 0) is 0 Å². The highest BCUT2D eigenvalue weighted by molar-refractivity contribution is 5.94. The van der Waals surface area contributed by atoms with E-state index in [9.17, 15) is 4.79 Å². The summed E-state index contributed by atoms with van der Waals surface area (Å²) >= 11 is 0. The van der Waals surface area contributed by atoms with Crippen molar-refractivity contribution in [3.63, 3.8) is 0 Å². The molecule has 0 amide bonds. The van der Waals surface area contributed by atoms with Crippen LogP contribution in [0.4, 0.5) is 0 Å². The summed E-state index contributed by atoms with van der Waals surface area (Å²) in [5.74, 6) is -0.970. The van der Waals surface area contributed by atoms with E-state index in [1.54, 1.807) is 6.07 Å². The summed E-state index contributed by atoms with van der Waals surface area (Å²) in [6, 6.07) is 7.83. The normalized spacial score (nSPS) is 14.8. The van der Waals surface area contributed by atoms with Crippen LogP contribution >= 0.6 is 12.4 Å². The molecule has 3 aromatic rings. The standard InChI is InChI=1S/C18H12N2O2.ClH/c21-18(22)14-7-13-4-2-1-3-11-9-16-12(5-6-19-16)8-15(11)17(13)20-10-14;/h1-10,19H,(H,21,22);1H/b2-1?,3-1-,4-2-,11-3?,13-4?,17-15?;. The molecule has 2 N–H and O–H groups in total. The third-order valence-corrected chi connectivity index (χ3v) is 3.81. The Bertz CT molecular complexity index is 970. The number of fused-ring (bicyclic) bond motifs is 4. The van der Waals surface area contributed by atoms with Gasteiger partial charge in [-0.3, -0.25) is 4.98 Å². The number of halogens is 1. The van der Waals surface area contributed by atoms with E-state index in [4.69, 9.17) is 5.11 Å². The largest absolute Gasteiger partial charge is 0.478 e. The van der Waals surface area contributed by atoms with E-state index in [-0.39, 0.29) is 18.0 Å². The molecular weight excluding hydrogens is 312 g/mol. The number of carboxylic acids is 1. The maximum atomic E-state index is 11.1. The SMILES string of the molecule is Cl.O=C(O)c1cnc2c(c1)/C=C\C=C/c1cc3[nH]ccc3cc1-2. The van der Waals surface area contributed by atoms with Gasteiger partial charge in [0.05, 0.1) is 11.3 Å². The molecular formula is C18H13ClN2O2. The lowest BCUT2D eigenvalue weighted by Gasteiger charge is -2.12. The molecule has 4 nitrogen and oxygen atoms in total. The number of allylic oxidation sites excluding steroid dienone is 2. The Hall–Kier alpha value is -2.85. The van der Waals surface area contributed by atoms with E-state index in [0.717, 1.165) is 33.3 Å². The van der Waals surface area contributed by atoms with Crippen molar-refractivity contribution in [1.82, 2.24) is 9.97 Å². The van der Waals surface area contributed by atoms with Crippen LogP contribution in [0.1, 0.15) is 21.5 Å². The number of carbonyl (C=O) groups is 1. The highest BCUT2D eigenvalue weighted by Gasteiger charge is 2.14. The Kier molecular flexibility index (Phi) is 3.76. The fraction of sp³-hybridized carbons (Fsp3) is 0. The minimum Gasteiger partial charge on any atom is -0.478 e. The van der Waals surface area contributed by atoms with Gasteiger partial charge < -0.3 is 10.1 Å². The molecule has 23 heavy (non-hydrogen) atoms. The van der Waals surface area contributed by atoms with Crippen LogP contribution in [0.3, 0.4) is 0 Å². The number of rotatable bonds is 1. The van der Waals surface area contributed by atoms with Crippen molar-refractivity contribution in [3.05, 3.63) is 65.5 Å². The number of aromatic amines is 1. The summed E-state index contributed by atoms with van der Waals surface area (Å²) in [4.78, 5) is 18.7. The molecule has 0 saturated heterocycles. The molecule has 4 rings (SSSR count). The topological polar surface area (TPSA) is 66.0 Å². The first-order chi connectivity index (χ1) is 10.7. The minimum absolute atomic E-state index is 0. The van der Waals surface area contributed by atoms with Crippen molar-refractivity contribution in [2.45, 2.75) is 0 Å². The van der Waals surface area contributed by atoms with E-state index >= 15 is 0 Å². The second-order valence-electron chi connectivity index (χ2n) is 5.19. The number of benzene rings is 1. The van der Waals surface area contributed by atoms with Crippen molar-refractivity contribution in [3.8, 4) is 11.3 Å². The Morgan fingerprint density at radius 3 is 2.65 bits per heavy atom. The van der Waals surface area contributed by atoms with Gasteiger partial charge in [-0.15, -0.1) is 12.4 Å². The minimum atomic E-state index is -0.970. The van der Waals surface area contributed by atoms with Crippen LogP contribution < -0.4 is 0 Å². The molecule has 0 bridgehead atoms. The van der Waals surface area contributed by atoms with E-state index in [1.165, 1.54) is 6.20 Å². The van der Waals surface area contributed by atoms with E-state index < -0.39 is 5.97 Å². The van der Waals surface area contributed by atoms with Crippen molar-refractivity contribution < 1.29 is 9.90 Å². The van der Waals surface area contributed by atoms with Crippen molar-refractivity contribution >= 4 is 41.4 Å². The van der Waals surface area contributed by atoms with Gasteiger partial charge in [-0.1, -0.05) is 24.3 Å². The van der Waals surface area contributed by atoms with Crippen LogP contribution in [0.25, 0.3) is 34.3 Å². The van der Waals surface area contributed by atoms with Gasteiger partial charge in [0.1, 0.15) is 0 Å². The van der Waals surface area contributed by atoms with Gasteiger partial charge in [-0.2, -0.15) is 0 Å². The van der Waals surface area contributed by atoms with Gasteiger partial charge >= 0.3 is 5.97 Å². The summed E-state index contributed by atoms with van der Waals surface area (Å²) in [7, 11) is 0. The molecule has 1 aliphatic carbocycles. The molecule has 0 spiro atoms. The predicted octanol–water partition coefficient (Wildman–Crippen LogP) is 4.39. The first-order valence-electron chi connectivity index (χ1n) is 6.92. The second-order valence-corrected chi connectivity index (χ2v) is 5.19. The van der Waals surface area contributed by atoms with Gasteiger partial charge in [0.15, 0.2) is 0 Å². The average Bonchev–Trinajstić information content (AvgIpc) is 2.95. The number of nitrogens with one attached hydrogen (secondary N) is 1. The van der Waals surface area contributed by atoms with E-state index in [1.807, 2.05) is 36.6 Å². The number of hydrogen-bond acceptors (Lipinski definition) is 2. The van der Waals surface area contributed by atoms with Crippen LogP contribution in [0.5, 0.6) is 0 Å². The highest BCUT2D eigenvalue weighted by Crippen LogP contribution is 2.32. The second kappa shape index (κ2) is 5.74. The maximum Gasteiger partial charge on any atom is 0.337 e. The number of pyridine rings is 1. The lowest BCUT2D eigenvalue weighted by atomic mass is 9.95. The quantitative estimate of drug-likeness (QED) is 0.697. The van der Waals surface area contributed by atoms with Crippen molar-refractivity contribution in [2.24, 2.45) is 0 Å². The zero-order chi connectivity index (χ0) is 15.1. The van der Waals surface area contributed by atoms with E-state index in [0.29, 0.717) is 0 Å². The molecule has 0 saturated carbocycles. The molecule has 0 atom stereocenters. The highest BCUT2D eigenvalue weighted by atomic mass is 35.5. The fourth-order valence-electron chi connectivity index (χ4n) is 2.73. The van der Waals surface area contributed by atoms with Crippen LogP contribution in [0, 0.1) is 0 Å². The molecule has 0 aliphatic heterocycles. The Morgan fingerprint density at radius 2 is 1.87 bits per heavy atom. The van der Waals surface area contributed by atoms with Gasteiger partial charge in [-0.05, 0) is 29.8 Å². The molecule has 114 valence electrons. The molecule has 0 unspecified atom stereocenters. The fourth-order valence-corrected chi connectivity index (χ4v) is 2.73. The third-order valence-electron chi connectivity index (χ3n) is 3.81. The lowest BCUT2D eigenvalue weighted by molar-refractivity contribution is 0.0696. The number of carboxylic acid groups (broad SMARTS) is 1. The zero-order valence-corrected chi connectivity index (χ0v) is 12.8. The van der Waals surface area contributed by atoms with Gasteiger partial charge in [0.2, 0.25) is 0 Å². The molecule has 1 aliphatic rings. The third kappa shape index (κ3) is 2.53. The maximum absolute atomic E-state index is 11.1. The number of H-pyrrole nitrogens is 1. The van der Waals surface area contributed by atoms with Gasteiger partial charge in [0.25, 0.3) is 0 Å². The summed E-state index contributed by atoms with van der Waals surface area (Å²) in [6.45, 7) is 0. The van der Waals surface area contributed by atoms with Crippen LogP contribution in [0.15, 0.2) is 48.8 Å². The first kappa shape index (κ1) is 15.1. The Labute approximate surface area is 138 Å². The zero-order valence-electron chi connectivity index (χ0n) is 12.0. The van der Waals surface area contributed by atoms with Gasteiger partial charge in [-0.25, -0.2) is 4.79 Å². The molecule has 5 heteroatoms. The Balaban J connectivity index is 0.00000156. The Morgan fingerprint density at radius 1 is 1.09 bits per heavy atom. The van der Waals surface area contributed by atoms with Crippen molar-refractivity contribution in [2.75, 3.05) is 0 Å². The summed E-state index contributed by atoms with van der Waals surface area (Å²) < 4.78 is 0. The summed E-state index contributed by atoms with van der Waals surface area (Å²) in [5, 5.41) is 10.2. The monoisotopic (exact) mass is 324 g/mol. The van der Waals surface area contributed by atoms with Crippen molar-refractivity contribution in [1.29, 1.82) is 0 Å². The molecule has 1 aromatic carbocycles. The number of nitrogens with zero attached hydrogens (tertiary/aromatic N) is 1. The molecule has 2 heterocycles. The summed E-state index contributed by atoms with van der Waals surface area (Å²) in [6.07, 6.45) is 11.1. The number of aromatic nitrogens is 2. The number of aromatic carboxylic acids is 1. The van der Waals surface area contributed by atoms with Crippen LogP contribution in [-0.4, -0.2) is 21.0 Å². The lowest BCUT2D eigenvalue weighted by Crippen LogP contribution is -2.00. The van der Waals surface area contributed by atoms with Crippen LogP contribution in [0.2, 0.25) is 0 Å². The number of hydrogen-bond donors (Lipinski definition) is 2. The average molecular weight is 325 g/mol. The smallest absolute Gasteiger partial charge is 0.337 e. The van der Waals surface area contributed by atoms with Gasteiger partial charge in [0, 0.05) is 34.4 Å². The molecule has 2 aromatic heterocycles. The first-order valence-corrected chi connectivity index (χ1v) is 6.92. The molecule has 0 radical (unpaired) electrons.